The molecule has 1 unspecified atom stereocenters. The smallest absolute Gasteiger partial charge is 0.355 e. The minimum atomic E-state index is -1.01. The molecule has 0 aliphatic rings. The molecule has 1 rings (SSSR count). The van der Waals surface area contributed by atoms with E-state index in [4.69, 9.17) is 5.11 Å². The highest BCUT2D eigenvalue weighted by Crippen LogP contribution is 2.29. The summed E-state index contributed by atoms with van der Waals surface area (Å²) in [4.78, 5) is 25.9. The van der Waals surface area contributed by atoms with Crippen molar-refractivity contribution in [3.05, 3.63) is 15.6 Å². The SMILES string of the molecule is CCC(C)c1sc(CNC=O)nc1C(=O)O. The first-order valence-corrected chi connectivity index (χ1v) is 5.81. The van der Waals surface area contributed by atoms with Crippen LogP contribution in [0.15, 0.2) is 0 Å². The summed E-state index contributed by atoms with van der Waals surface area (Å²) in [5, 5.41) is 12.1. The lowest BCUT2D eigenvalue weighted by atomic mass is 10.1. The number of aromatic carboxylic acids is 1. The van der Waals surface area contributed by atoms with Crippen LogP contribution < -0.4 is 5.32 Å². The number of aromatic nitrogens is 1. The van der Waals surface area contributed by atoms with Gasteiger partial charge < -0.3 is 10.4 Å². The maximum absolute atomic E-state index is 11.0. The van der Waals surface area contributed by atoms with Gasteiger partial charge in [0.2, 0.25) is 6.41 Å². The van der Waals surface area contributed by atoms with Crippen LogP contribution in [-0.2, 0) is 11.3 Å². The van der Waals surface area contributed by atoms with E-state index in [0.29, 0.717) is 11.4 Å². The number of rotatable bonds is 6. The molecule has 1 heterocycles. The fourth-order valence-electron chi connectivity index (χ4n) is 1.26. The minimum Gasteiger partial charge on any atom is -0.476 e. The fourth-order valence-corrected chi connectivity index (χ4v) is 2.40. The van der Waals surface area contributed by atoms with Crippen molar-refractivity contribution in [2.24, 2.45) is 0 Å². The average molecular weight is 242 g/mol. The second kappa shape index (κ2) is 5.60. The predicted molar refractivity (Wildman–Crippen MR) is 60.7 cm³/mol. The Balaban J connectivity index is 2.99. The Morgan fingerprint density at radius 1 is 1.69 bits per heavy atom. The van der Waals surface area contributed by atoms with Gasteiger partial charge in [0.05, 0.1) is 6.54 Å². The van der Waals surface area contributed by atoms with Crippen LogP contribution in [0.2, 0.25) is 0 Å². The molecule has 16 heavy (non-hydrogen) atoms. The number of carbonyl (C=O) groups excluding carboxylic acids is 1. The van der Waals surface area contributed by atoms with Crippen LogP contribution in [0.25, 0.3) is 0 Å². The molecule has 6 heteroatoms. The zero-order valence-corrected chi connectivity index (χ0v) is 10.0. The highest BCUT2D eigenvalue weighted by Gasteiger charge is 2.20. The highest BCUT2D eigenvalue weighted by molar-refractivity contribution is 7.12. The summed E-state index contributed by atoms with van der Waals surface area (Å²) >= 11 is 1.35. The van der Waals surface area contributed by atoms with Crippen molar-refractivity contribution in [3.8, 4) is 0 Å². The van der Waals surface area contributed by atoms with Crippen LogP contribution in [0.4, 0.5) is 0 Å². The number of carboxylic acid groups (broad SMARTS) is 1. The molecule has 1 aromatic heterocycles. The number of nitrogens with one attached hydrogen (secondary N) is 1. The molecule has 88 valence electrons. The molecule has 0 bridgehead atoms. The molecule has 1 atom stereocenters. The molecular weight excluding hydrogens is 228 g/mol. The third kappa shape index (κ3) is 2.79. The van der Waals surface area contributed by atoms with Gasteiger partial charge in [0.1, 0.15) is 5.01 Å². The zero-order chi connectivity index (χ0) is 12.1. The third-order valence-corrected chi connectivity index (χ3v) is 3.58. The van der Waals surface area contributed by atoms with Gasteiger partial charge in [0.15, 0.2) is 5.69 Å². The summed E-state index contributed by atoms with van der Waals surface area (Å²) in [7, 11) is 0. The number of amides is 1. The van der Waals surface area contributed by atoms with Crippen LogP contribution >= 0.6 is 11.3 Å². The first kappa shape index (κ1) is 12.6. The lowest BCUT2D eigenvalue weighted by molar-refractivity contribution is -0.109. The molecule has 5 nitrogen and oxygen atoms in total. The summed E-state index contributed by atoms with van der Waals surface area (Å²) in [6.45, 7) is 4.25. The lowest BCUT2D eigenvalue weighted by Gasteiger charge is -2.04. The molecule has 0 radical (unpaired) electrons. The fraction of sp³-hybridized carbons (Fsp3) is 0.500. The summed E-state index contributed by atoms with van der Waals surface area (Å²) in [6.07, 6.45) is 1.44. The van der Waals surface area contributed by atoms with E-state index in [9.17, 15) is 9.59 Å². The first-order chi connectivity index (χ1) is 7.60. The second-order valence-corrected chi connectivity index (χ2v) is 4.55. The van der Waals surface area contributed by atoms with Gasteiger partial charge >= 0.3 is 5.97 Å². The van der Waals surface area contributed by atoms with Crippen LogP contribution in [0.5, 0.6) is 0 Å². The maximum atomic E-state index is 11.0. The molecule has 0 saturated carbocycles. The second-order valence-electron chi connectivity index (χ2n) is 3.43. The van der Waals surface area contributed by atoms with Crippen molar-refractivity contribution in [1.82, 2.24) is 10.3 Å². The Bertz CT molecular complexity index is 389. The Morgan fingerprint density at radius 3 is 2.88 bits per heavy atom. The van der Waals surface area contributed by atoms with E-state index in [-0.39, 0.29) is 18.2 Å². The maximum Gasteiger partial charge on any atom is 0.355 e. The molecule has 0 fully saturated rings. The average Bonchev–Trinajstić information content (AvgIpc) is 2.69. The van der Waals surface area contributed by atoms with Crippen LogP contribution in [0, 0.1) is 0 Å². The molecule has 0 spiro atoms. The highest BCUT2D eigenvalue weighted by atomic mass is 32.1. The molecular formula is C10H14N2O3S. The van der Waals surface area contributed by atoms with Crippen LogP contribution in [-0.4, -0.2) is 22.5 Å². The van der Waals surface area contributed by atoms with Crippen molar-refractivity contribution >= 4 is 23.7 Å². The van der Waals surface area contributed by atoms with Crippen molar-refractivity contribution in [3.63, 3.8) is 0 Å². The van der Waals surface area contributed by atoms with E-state index in [2.05, 4.69) is 10.3 Å². The first-order valence-electron chi connectivity index (χ1n) is 5.00. The molecule has 2 N–H and O–H groups in total. The summed E-state index contributed by atoms with van der Waals surface area (Å²) in [5.74, 6) is -0.836. The van der Waals surface area contributed by atoms with Crippen LogP contribution in [0.1, 0.15) is 46.6 Å². The van der Waals surface area contributed by atoms with Gasteiger partial charge in [-0.15, -0.1) is 11.3 Å². The minimum absolute atomic E-state index is 0.113. The van der Waals surface area contributed by atoms with Gasteiger partial charge in [0, 0.05) is 4.88 Å². The van der Waals surface area contributed by atoms with Crippen molar-refractivity contribution in [2.75, 3.05) is 0 Å². The van der Waals surface area contributed by atoms with Crippen molar-refractivity contribution < 1.29 is 14.7 Å². The van der Waals surface area contributed by atoms with Gasteiger partial charge in [-0.3, -0.25) is 4.79 Å². The van der Waals surface area contributed by atoms with Gasteiger partial charge in [-0.1, -0.05) is 13.8 Å². The number of thiazole rings is 1. The third-order valence-electron chi connectivity index (χ3n) is 2.30. The number of nitrogens with zero attached hydrogens (tertiary/aromatic N) is 1. The van der Waals surface area contributed by atoms with E-state index in [1.165, 1.54) is 11.3 Å². The van der Waals surface area contributed by atoms with E-state index < -0.39 is 5.97 Å². The Morgan fingerprint density at radius 2 is 2.38 bits per heavy atom. The standard InChI is InChI=1S/C10H14N2O3S/c1-3-6(2)9-8(10(14)15)12-7(16-9)4-11-5-13/h5-6H,3-4H2,1-2H3,(H,11,13)(H,14,15). The monoisotopic (exact) mass is 242 g/mol. The Hall–Kier alpha value is -1.43. The molecule has 0 aliphatic carbocycles. The predicted octanol–water partition coefficient (Wildman–Crippen LogP) is 1.60. The summed E-state index contributed by atoms with van der Waals surface area (Å²) in [5.41, 5.74) is 0.113. The van der Waals surface area contributed by atoms with E-state index >= 15 is 0 Å². The zero-order valence-electron chi connectivity index (χ0n) is 9.19. The number of hydrogen-bond donors (Lipinski definition) is 2. The molecule has 0 aliphatic heterocycles. The van der Waals surface area contributed by atoms with E-state index in [0.717, 1.165) is 11.3 Å². The largest absolute Gasteiger partial charge is 0.476 e. The van der Waals surface area contributed by atoms with Gasteiger partial charge in [-0.2, -0.15) is 0 Å². The Kier molecular flexibility index (Phi) is 4.42. The summed E-state index contributed by atoms with van der Waals surface area (Å²) in [6, 6.07) is 0. The molecule has 0 aromatic carbocycles. The normalized spacial score (nSPS) is 12.1. The quantitative estimate of drug-likeness (QED) is 0.743. The number of hydrogen-bond acceptors (Lipinski definition) is 4. The number of carboxylic acids is 1. The molecule has 1 aromatic rings. The van der Waals surface area contributed by atoms with Gasteiger partial charge in [-0.05, 0) is 12.3 Å². The van der Waals surface area contributed by atoms with Crippen molar-refractivity contribution in [1.29, 1.82) is 0 Å². The number of carbonyl (C=O) groups is 2. The Labute approximate surface area is 97.5 Å². The van der Waals surface area contributed by atoms with Gasteiger partial charge in [0.25, 0.3) is 0 Å². The van der Waals surface area contributed by atoms with Crippen LogP contribution in [0.3, 0.4) is 0 Å². The van der Waals surface area contributed by atoms with Gasteiger partial charge in [-0.25, -0.2) is 9.78 Å². The molecule has 1 amide bonds. The molecule has 0 saturated heterocycles. The van der Waals surface area contributed by atoms with Crippen molar-refractivity contribution in [2.45, 2.75) is 32.7 Å². The van der Waals surface area contributed by atoms with E-state index in [1.54, 1.807) is 0 Å². The topological polar surface area (TPSA) is 79.3 Å². The lowest BCUT2D eigenvalue weighted by Crippen LogP contribution is -2.09. The summed E-state index contributed by atoms with van der Waals surface area (Å²) < 4.78 is 0. The van der Waals surface area contributed by atoms with E-state index in [1.807, 2.05) is 13.8 Å².